The molecular formula is C12H14N4O3S. The minimum absolute atomic E-state index is 0.0942. The number of nitrogens with one attached hydrogen (secondary N) is 2. The molecule has 0 saturated heterocycles. The number of nitrogens with zero attached hydrogens (tertiary/aromatic N) is 2. The van der Waals surface area contributed by atoms with Crippen LogP contribution >= 0.6 is 11.3 Å². The number of aliphatic hydroxyl groups is 1. The first-order valence-electron chi connectivity index (χ1n) is 5.82. The van der Waals surface area contributed by atoms with E-state index in [1.54, 1.807) is 31.4 Å². The number of amides is 2. The Kier molecular flexibility index (Phi) is 4.85. The van der Waals surface area contributed by atoms with Gasteiger partial charge in [-0.2, -0.15) is 0 Å². The van der Waals surface area contributed by atoms with E-state index in [2.05, 4.69) is 20.8 Å². The molecule has 0 radical (unpaired) electrons. The van der Waals surface area contributed by atoms with Crippen molar-refractivity contribution >= 4 is 22.5 Å². The fraction of sp³-hybridized carbons (Fsp3) is 0.250. The predicted octanol–water partition coefficient (Wildman–Crippen LogP) is 1.40. The largest absolute Gasteiger partial charge is 0.497 e. The molecule has 0 aliphatic carbocycles. The average molecular weight is 294 g/mol. The summed E-state index contributed by atoms with van der Waals surface area (Å²) in [5.74, 6) is 0.711. The van der Waals surface area contributed by atoms with E-state index in [0.29, 0.717) is 16.4 Å². The lowest BCUT2D eigenvalue weighted by atomic mass is 10.1. The smallest absolute Gasteiger partial charge is 0.321 e. The third kappa shape index (κ3) is 3.90. The summed E-state index contributed by atoms with van der Waals surface area (Å²) in [6, 6.07) is 6.55. The molecule has 0 aliphatic heterocycles. The molecule has 1 aromatic carbocycles. The van der Waals surface area contributed by atoms with Gasteiger partial charge in [-0.25, -0.2) is 4.79 Å². The Labute approximate surface area is 119 Å². The van der Waals surface area contributed by atoms with Crippen LogP contribution in [0, 0.1) is 0 Å². The van der Waals surface area contributed by atoms with Crippen molar-refractivity contribution in [2.45, 2.75) is 6.10 Å². The number of carbonyl (C=O) groups excluding carboxylic acids is 1. The second-order valence-electron chi connectivity index (χ2n) is 3.87. The summed E-state index contributed by atoms with van der Waals surface area (Å²) in [5.41, 5.74) is 2.21. The summed E-state index contributed by atoms with van der Waals surface area (Å²) < 4.78 is 5.03. The lowest BCUT2D eigenvalue weighted by molar-refractivity contribution is 0.175. The molecule has 106 valence electrons. The SMILES string of the molecule is COc1ccc([C@H](O)CNC(=O)Nc2nncs2)cc1. The highest BCUT2D eigenvalue weighted by molar-refractivity contribution is 7.13. The minimum atomic E-state index is -0.791. The summed E-state index contributed by atoms with van der Waals surface area (Å²) in [4.78, 5) is 11.5. The van der Waals surface area contributed by atoms with E-state index < -0.39 is 12.1 Å². The Hall–Kier alpha value is -2.19. The minimum Gasteiger partial charge on any atom is -0.497 e. The Morgan fingerprint density at radius 3 is 2.80 bits per heavy atom. The Morgan fingerprint density at radius 1 is 1.45 bits per heavy atom. The van der Waals surface area contributed by atoms with Crippen molar-refractivity contribution in [3.8, 4) is 5.75 Å². The highest BCUT2D eigenvalue weighted by Gasteiger charge is 2.10. The summed E-state index contributed by atoms with van der Waals surface area (Å²) >= 11 is 1.22. The van der Waals surface area contributed by atoms with E-state index in [4.69, 9.17) is 4.74 Å². The Morgan fingerprint density at radius 2 is 2.20 bits per heavy atom. The molecule has 0 unspecified atom stereocenters. The fourth-order valence-electron chi connectivity index (χ4n) is 1.50. The number of aliphatic hydroxyl groups excluding tert-OH is 1. The van der Waals surface area contributed by atoms with Gasteiger partial charge < -0.3 is 15.2 Å². The average Bonchev–Trinajstić information content (AvgIpc) is 2.97. The van der Waals surface area contributed by atoms with Crippen LogP contribution in [0.1, 0.15) is 11.7 Å². The second-order valence-corrected chi connectivity index (χ2v) is 4.70. The number of benzene rings is 1. The molecule has 2 rings (SSSR count). The van der Waals surface area contributed by atoms with Crippen LogP contribution < -0.4 is 15.4 Å². The third-order valence-corrected chi connectivity index (χ3v) is 3.14. The quantitative estimate of drug-likeness (QED) is 0.774. The summed E-state index contributed by atoms with van der Waals surface area (Å²) in [6.07, 6.45) is -0.791. The highest BCUT2D eigenvalue weighted by Crippen LogP contribution is 2.17. The standard InChI is InChI=1S/C12H14N4O3S/c1-19-9-4-2-8(3-5-9)10(17)6-13-11(18)15-12-16-14-7-20-12/h2-5,7,10,17H,6H2,1H3,(H2,13,15,16,18)/t10-/m1/s1. The van der Waals surface area contributed by atoms with Gasteiger partial charge in [-0.1, -0.05) is 23.5 Å². The molecule has 1 heterocycles. The highest BCUT2D eigenvalue weighted by atomic mass is 32.1. The van der Waals surface area contributed by atoms with Crippen LogP contribution in [-0.2, 0) is 0 Å². The van der Waals surface area contributed by atoms with Crippen molar-refractivity contribution < 1.29 is 14.6 Å². The van der Waals surface area contributed by atoms with Crippen LogP contribution in [0.5, 0.6) is 5.75 Å². The number of hydrogen-bond acceptors (Lipinski definition) is 6. The van der Waals surface area contributed by atoms with Crippen molar-refractivity contribution in [2.24, 2.45) is 0 Å². The molecule has 0 spiro atoms. The Bertz CT molecular complexity index is 544. The van der Waals surface area contributed by atoms with Gasteiger partial charge in [0.15, 0.2) is 0 Å². The lowest BCUT2D eigenvalue weighted by Crippen LogP contribution is -2.32. The number of hydrogen-bond donors (Lipinski definition) is 3. The van der Waals surface area contributed by atoms with Gasteiger partial charge >= 0.3 is 6.03 Å². The van der Waals surface area contributed by atoms with Gasteiger partial charge in [0.1, 0.15) is 11.3 Å². The maximum Gasteiger partial charge on any atom is 0.321 e. The maximum atomic E-state index is 11.5. The van der Waals surface area contributed by atoms with Gasteiger partial charge in [0.2, 0.25) is 5.13 Å². The molecule has 0 aliphatic rings. The first kappa shape index (κ1) is 14.2. The fourth-order valence-corrected chi connectivity index (χ4v) is 1.94. The van der Waals surface area contributed by atoms with E-state index >= 15 is 0 Å². The van der Waals surface area contributed by atoms with Gasteiger partial charge in [-0.15, -0.1) is 10.2 Å². The van der Waals surface area contributed by atoms with Crippen LogP contribution in [-0.4, -0.2) is 35.0 Å². The van der Waals surface area contributed by atoms with Crippen molar-refractivity contribution in [1.82, 2.24) is 15.5 Å². The van der Waals surface area contributed by atoms with E-state index in [9.17, 15) is 9.90 Å². The van der Waals surface area contributed by atoms with Crippen LogP contribution in [0.2, 0.25) is 0 Å². The van der Waals surface area contributed by atoms with E-state index in [1.807, 2.05) is 0 Å². The van der Waals surface area contributed by atoms with Crippen LogP contribution in [0.4, 0.5) is 9.93 Å². The molecule has 3 N–H and O–H groups in total. The second kappa shape index (κ2) is 6.83. The van der Waals surface area contributed by atoms with E-state index in [-0.39, 0.29) is 6.54 Å². The number of urea groups is 1. The number of carbonyl (C=O) groups is 1. The molecule has 20 heavy (non-hydrogen) atoms. The van der Waals surface area contributed by atoms with Gasteiger partial charge in [0, 0.05) is 6.54 Å². The molecule has 0 fully saturated rings. The van der Waals surface area contributed by atoms with Gasteiger partial charge in [0.25, 0.3) is 0 Å². The van der Waals surface area contributed by atoms with Crippen LogP contribution in [0.15, 0.2) is 29.8 Å². The lowest BCUT2D eigenvalue weighted by Gasteiger charge is -2.12. The molecule has 8 heteroatoms. The first-order chi connectivity index (χ1) is 9.69. The molecule has 1 atom stereocenters. The zero-order valence-electron chi connectivity index (χ0n) is 10.7. The van der Waals surface area contributed by atoms with Crippen molar-refractivity contribution in [1.29, 1.82) is 0 Å². The molecule has 0 saturated carbocycles. The number of aromatic nitrogens is 2. The monoisotopic (exact) mass is 294 g/mol. The van der Waals surface area contributed by atoms with E-state index in [0.717, 1.165) is 0 Å². The molecule has 1 aromatic heterocycles. The molecule has 2 aromatic rings. The maximum absolute atomic E-state index is 11.5. The number of methoxy groups -OCH3 is 1. The van der Waals surface area contributed by atoms with Crippen LogP contribution in [0.25, 0.3) is 0 Å². The topological polar surface area (TPSA) is 96.4 Å². The molecule has 0 bridgehead atoms. The van der Waals surface area contributed by atoms with Crippen molar-refractivity contribution in [3.63, 3.8) is 0 Å². The third-order valence-electron chi connectivity index (χ3n) is 2.54. The number of anilines is 1. The van der Waals surface area contributed by atoms with Crippen LogP contribution in [0.3, 0.4) is 0 Å². The Balaban J connectivity index is 1.81. The van der Waals surface area contributed by atoms with E-state index in [1.165, 1.54) is 16.8 Å². The van der Waals surface area contributed by atoms with Gasteiger partial charge in [-0.3, -0.25) is 5.32 Å². The molecular weight excluding hydrogens is 280 g/mol. The summed E-state index contributed by atoms with van der Waals surface area (Å²) in [5, 5.41) is 22.7. The van der Waals surface area contributed by atoms with Gasteiger partial charge in [-0.05, 0) is 17.7 Å². The number of rotatable bonds is 5. The predicted molar refractivity (Wildman–Crippen MR) is 74.9 cm³/mol. The molecule has 2 amide bonds. The normalized spacial score (nSPS) is 11.7. The van der Waals surface area contributed by atoms with Gasteiger partial charge in [0.05, 0.1) is 13.2 Å². The van der Waals surface area contributed by atoms with Crippen molar-refractivity contribution in [3.05, 3.63) is 35.3 Å². The summed E-state index contributed by atoms with van der Waals surface area (Å²) in [6.45, 7) is 0.0942. The molecule has 7 nitrogen and oxygen atoms in total. The number of ether oxygens (including phenoxy) is 1. The summed E-state index contributed by atoms with van der Waals surface area (Å²) in [7, 11) is 1.57. The first-order valence-corrected chi connectivity index (χ1v) is 6.70. The zero-order chi connectivity index (χ0) is 14.4. The zero-order valence-corrected chi connectivity index (χ0v) is 11.6. The van der Waals surface area contributed by atoms with Crippen molar-refractivity contribution in [2.75, 3.05) is 19.0 Å².